The maximum atomic E-state index is 12.6. The van der Waals surface area contributed by atoms with E-state index in [0.717, 1.165) is 36.6 Å². The van der Waals surface area contributed by atoms with Crippen LogP contribution in [0.1, 0.15) is 36.3 Å². The summed E-state index contributed by atoms with van der Waals surface area (Å²) in [6.07, 6.45) is 0.754. The van der Waals surface area contributed by atoms with Crippen molar-refractivity contribution in [2.75, 3.05) is 31.2 Å². The Morgan fingerprint density at radius 1 is 1.23 bits per heavy atom. The standard InChI is InChI=1S/C20H26N4O2/c1-3-17(16-7-5-4-6-8-16)20(25)21-14-18-22-15(2)13-19(23-18)24-9-11-26-12-10-24/h4-8,13,17H,3,9-12,14H2,1-2H3,(H,21,25). The van der Waals surface area contributed by atoms with E-state index in [-0.39, 0.29) is 11.8 Å². The second-order valence-electron chi connectivity index (χ2n) is 6.47. The van der Waals surface area contributed by atoms with Gasteiger partial charge in [0.25, 0.3) is 0 Å². The molecule has 1 aromatic carbocycles. The minimum atomic E-state index is -0.153. The third-order valence-electron chi connectivity index (χ3n) is 4.57. The molecule has 2 heterocycles. The molecule has 0 aliphatic carbocycles. The van der Waals surface area contributed by atoms with Gasteiger partial charge < -0.3 is 15.0 Å². The number of morpholine rings is 1. The van der Waals surface area contributed by atoms with Crippen LogP contribution in [-0.2, 0) is 16.1 Å². The lowest BCUT2D eigenvalue weighted by atomic mass is 9.96. The van der Waals surface area contributed by atoms with Crippen LogP contribution in [0.3, 0.4) is 0 Å². The number of ether oxygens (including phenoxy) is 1. The zero-order valence-electron chi connectivity index (χ0n) is 15.4. The van der Waals surface area contributed by atoms with Gasteiger partial charge >= 0.3 is 0 Å². The van der Waals surface area contributed by atoms with E-state index >= 15 is 0 Å². The highest BCUT2D eigenvalue weighted by Crippen LogP contribution is 2.19. The molecule has 1 atom stereocenters. The number of carbonyl (C=O) groups excluding carboxylic acids is 1. The molecule has 1 N–H and O–H groups in total. The van der Waals surface area contributed by atoms with Gasteiger partial charge in [-0.2, -0.15) is 0 Å². The number of aromatic nitrogens is 2. The summed E-state index contributed by atoms with van der Waals surface area (Å²) in [5.41, 5.74) is 1.94. The molecule has 26 heavy (non-hydrogen) atoms. The Balaban J connectivity index is 1.66. The fourth-order valence-corrected chi connectivity index (χ4v) is 3.19. The first kappa shape index (κ1) is 18.3. The van der Waals surface area contributed by atoms with E-state index in [0.29, 0.717) is 25.6 Å². The van der Waals surface area contributed by atoms with E-state index in [1.165, 1.54) is 0 Å². The molecule has 1 aliphatic rings. The SMILES string of the molecule is CCC(C(=O)NCc1nc(C)cc(N2CCOCC2)n1)c1ccccc1. The van der Waals surface area contributed by atoms with Gasteiger partial charge in [0.15, 0.2) is 0 Å². The molecule has 1 unspecified atom stereocenters. The first-order valence-corrected chi connectivity index (χ1v) is 9.17. The summed E-state index contributed by atoms with van der Waals surface area (Å²) in [6, 6.07) is 11.9. The summed E-state index contributed by atoms with van der Waals surface area (Å²) in [7, 11) is 0. The van der Waals surface area contributed by atoms with Crippen LogP contribution in [0, 0.1) is 6.92 Å². The van der Waals surface area contributed by atoms with Gasteiger partial charge in [-0.15, -0.1) is 0 Å². The molecule has 1 saturated heterocycles. The van der Waals surface area contributed by atoms with E-state index < -0.39 is 0 Å². The minimum Gasteiger partial charge on any atom is -0.378 e. The highest BCUT2D eigenvalue weighted by Gasteiger charge is 2.19. The number of anilines is 1. The lowest BCUT2D eigenvalue weighted by molar-refractivity contribution is -0.122. The normalized spacial score (nSPS) is 15.5. The van der Waals surface area contributed by atoms with Crippen LogP contribution in [0.4, 0.5) is 5.82 Å². The summed E-state index contributed by atoms with van der Waals surface area (Å²) < 4.78 is 5.40. The third-order valence-corrected chi connectivity index (χ3v) is 4.57. The molecule has 1 aliphatic heterocycles. The lowest BCUT2D eigenvalue weighted by Crippen LogP contribution is -2.37. The average molecular weight is 354 g/mol. The van der Waals surface area contributed by atoms with Gasteiger partial charge in [-0.25, -0.2) is 9.97 Å². The fourth-order valence-electron chi connectivity index (χ4n) is 3.19. The highest BCUT2D eigenvalue weighted by atomic mass is 16.5. The maximum absolute atomic E-state index is 12.6. The van der Waals surface area contributed by atoms with Crippen LogP contribution in [0.15, 0.2) is 36.4 Å². The van der Waals surface area contributed by atoms with Crippen LogP contribution < -0.4 is 10.2 Å². The Morgan fingerprint density at radius 3 is 2.65 bits per heavy atom. The van der Waals surface area contributed by atoms with Crippen molar-refractivity contribution in [1.82, 2.24) is 15.3 Å². The Labute approximate surface area is 154 Å². The molecule has 1 fully saturated rings. The van der Waals surface area contributed by atoms with Gasteiger partial charge in [-0.3, -0.25) is 4.79 Å². The molecule has 3 rings (SSSR count). The zero-order valence-corrected chi connectivity index (χ0v) is 15.4. The first-order valence-electron chi connectivity index (χ1n) is 9.17. The average Bonchev–Trinajstić information content (AvgIpc) is 2.68. The van der Waals surface area contributed by atoms with Gasteiger partial charge in [0, 0.05) is 24.8 Å². The second-order valence-corrected chi connectivity index (χ2v) is 6.47. The molecule has 6 heteroatoms. The number of carbonyl (C=O) groups is 1. The number of aryl methyl sites for hydroxylation is 1. The Bertz CT molecular complexity index is 730. The van der Waals surface area contributed by atoms with Crippen LogP contribution in [0.2, 0.25) is 0 Å². The topological polar surface area (TPSA) is 67.4 Å². The molecule has 6 nitrogen and oxygen atoms in total. The molecule has 0 radical (unpaired) electrons. The van der Waals surface area contributed by atoms with E-state index in [1.54, 1.807) is 0 Å². The van der Waals surface area contributed by atoms with Gasteiger partial charge in [0.1, 0.15) is 11.6 Å². The van der Waals surface area contributed by atoms with Crippen LogP contribution in [0.25, 0.3) is 0 Å². The van der Waals surface area contributed by atoms with E-state index in [9.17, 15) is 4.79 Å². The molecule has 0 spiro atoms. The van der Waals surface area contributed by atoms with Crippen molar-refractivity contribution in [1.29, 1.82) is 0 Å². The zero-order chi connectivity index (χ0) is 18.4. The molecule has 2 aromatic rings. The highest BCUT2D eigenvalue weighted by molar-refractivity contribution is 5.83. The van der Waals surface area contributed by atoms with Crippen LogP contribution in [-0.4, -0.2) is 42.2 Å². The molecule has 1 aromatic heterocycles. The van der Waals surface area contributed by atoms with E-state index in [2.05, 4.69) is 20.2 Å². The Morgan fingerprint density at radius 2 is 1.96 bits per heavy atom. The van der Waals surface area contributed by atoms with Crippen molar-refractivity contribution in [3.8, 4) is 0 Å². The van der Waals surface area contributed by atoms with Gasteiger partial charge in [-0.05, 0) is 18.9 Å². The number of benzene rings is 1. The number of hydrogen-bond acceptors (Lipinski definition) is 5. The van der Waals surface area contributed by atoms with Gasteiger partial charge in [0.2, 0.25) is 5.91 Å². The molecule has 0 saturated carbocycles. The predicted octanol–water partition coefficient (Wildman–Crippen LogP) is 2.43. The van der Waals surface area contributed by atoms with Crippen molar-refractivity contribution >= 4 is 11.7 Å². The van der Waals surface area contributed by atoms with Crippen molar-refractivity contribution in [3.05, 3.63) is 53.5 Å². The van der Waals surface area contributed by atoms with Crippen LogP contribution >= 0.6 is 0 Å². The first-order chi connectivity index (χ1) is 12.7. The summed E-state index contributed by atoms with van der Waals surface area (Å²) in [6.45, 7) is 7.39. The summed E-state index contributed by atoms with van der Waals surface area (Å²) in [4.78, 5) is 23.9. The lowest BCUT2D eigenvalue weighted by Gasteiger charge is -2.28. The molecule has 1 amide bonds. The Hall–Kier alpha value is -2.47. The van der Waals surface area contributed by atoms with Crippen molar-refractivity contribution in [3.63, 3.8) is 0 Å². The van der Waals surface area contributed by atoms with Crippen LogP contribution in [0.5, 0.6) is 0 Å². The number of rotatable bonds is 6. The third kappa shape index (κ3) is 4.58. The van der Waals surface area contributed by atoms with Gasteiger partial charge in [-0.1, -0.05) is 37.3 Å². The number of hydrogen-bond donors (Lipinski definition) is 1. The number of amides is 1. The number of nitrogens with one attached hydrogen (secondary N) is 1. The quantitative estimate of drug-likeness (QED) is 0.863. The number of nitrogens with zero attached hydrogens (tertiary/aromatic N) is 3. The monoisotopic (exact) mass is 354 g/mol. The Kier molecular flexibility index (Phi) is 6.17. The van der Waals surface area contributed by atoms with Gasteiger partial charge in [0.05, 0.1) is 25.7 Å². The molecule has 138 valence electrons. The van der Waals surface area contributed by atoms with E-state index in [1.807, 2.05) is 50.2 Å². The smallest absolute Gasteiger partial charge is 0.227 e. The fraction of sp³-hybridized carbons (Fsp3) is 0.450. The van der Waals surface area contributed by atoms with Crippen molar-refractivity contribution in [2.45, 2.75) is 32.7 Å². The minimum absolute atomic E-state index is 0.0109. The van der Waals surface area contributed by atoms with E-state index in [4.69, 9.17) is 4.74 Å². The molecular weight excluding hydrogens is 328 g/mol. The second kappa shape index (κ2) is 8.76. The molecular formula is C20H26N4O2. The summed E-state index contributed by atoms with van der Waals surface area (Å²) >= 11 is 0. The van der Waals surface area contributed by atoms with Crippen molar-refractivity contribution in [2.24, 2.45) is 0 Å². The predicted molar refractivity (Wildman–Crippen MR) is 101 cm³/mol. The summed E-state index contributed by atoms with van der Waals surface area (Å²) in [5, 5.41) is 3.00. The molecule has 0 bridgehead atoms. The largest absolute Gasteiger partial charge is 0.378 e. The maximum Gasteiger partial charge on any atom is 0.227 e. The summed E-state index contributed by atoms with van der Waals surface area (Å²) in [5.74, 6) is 1.40. The van der Waals surface area contributed by atoms with Crippen molar-refractivity contribution < 1.29 is 9.53 Å².